The van der Waals surface area contributed by atoms with Crippen molar-refractivity contribution in [2.45, 2.75) is 56.8 Å². The summed E-state index contributed by atoms with van der Waals surface area (Å²) in [6, 6.07) is 10.6. The van der Waals surface area contributed by atoms with Crippen molar-refractivity contribution >= 4 is 39.5 Å². The number of hydrogen-bond acceptors (Lipinski definition) is 3. The molecule has 0 radical (unpaired) electrons. The van der Waals surface area contributed by atoms with Crippen LogP contribution in [0, 0.1) is 5.41 Å². The molecule has 0 saturated carbocycles. The lowest BCUT2D eigenvalue weighted by atomic mass is 9.73. The summed E-state index contributed by atoms with van der Waals surface area (Å²) in [7, 11) is 0. The van der Waals surface area contributed by atoms with Crippen LogP contribution in [0.25, 0.3) is 0 Å². The van der Waals surface area contributed by atoms with Crippen LogP contribution in [-0.2, 0) is 11.3 Å². The van der Waals surface area contributed by atoms with Gasteiger partial charge in [-0.05, 0) is 49.7 Å². The Morgan fingerprint density at radius 3 is 2.62 bits per heavy atom. The third-order valence-corrected chi connectivity index (χ3v) is 9.67. The molecule has 3 rings (SSSR count). The molecule has 1 aliphatic carbocycles. The maximum absolute atomic E-state index is 6.46. The topological polar surface area (TPSA) is 9.23 Å². The molecule has 1 nitrogen and oxygen atoms in total. The highest BCUT2D eigenvalue weighted by atomic mass is 79.9. The van der Waals surface area contributed by atoms with Crippen molar-refractivity contribution in [3.63, 3.8) is 0 Å². The minimum Gasteiger partial charge on any atom is -0.373 e. The average Bonchev–Trinajstić information content (AvgIpc) is 2.61. The van der Waals surface area contributed by atoms with E-state index >= 15 is 0 Å². The quantitative estimate of drug-likeness (QED) is 0.522. The SMILES string of the molecule is CC1=C(Br)C(C)(CC2SCCCS2)C(OCc2ccccc2)CC1. The van der Waals surface area contributed by atoms with Crippen molar-refractivity contribution in [1.82, 2.24) is 0 Å². The number of benzene rings is 1. The third-order valence-electron chi connectivity index (χ3n) is 5.15. The van der Waals surface area contributed by atoms with E-state index < -0.39 is 0 Å². The first-order valence-corrected chi connectivity index (χ1v) is 11.7. The van der Waals surface area contributed by atoms with E-state index in [1.807, 2.05) is 0 Å². The van der Waals surface area contributed by atoms with E-state index in [-0.39, 0.29) is 5.41 Å². The van der Waals surface area contributed by atoms with E-state index in [1.165, 1.54) is 40.0 Å². The molecule has 1 heterocycles. The fourth-order valence-corrected chi connectivity index (χ4v) is 7.50. The first-order valence-electron chi connectivity index (χ1n) is 8.84. The van der Waals surface area contributed by atoms with Gasteiger partial charge in [-0.1, -0.05) is 58.8 Å². The van der Waals surface area contributed by atoms with Gasteiger partial charge >= 0.3 is 0 Å². The standard InChI is InChI=1S/C20H27BrOS2/c1-15-9-10-17(22-14-16-7-4-3-5-8-16)20(2,19(15)21)13-18-23-11-6-12-24-18/h3-5,7-8,17-18H,6,9-14H2,1-2H3. The predicted octanol–water partition coefficient (Wildman–Crippen LogP) is 6.63. The van der Waals surface area contributed by atoms with Crippen LogP contribution in [0.4, 0.5) is 0 Å². The van der Waals surface area contributed by atoms with Gasteiger partial charge in [0.1, 0.15) is 0 Å². The summed E-state index contributed by atoms with van der Waals surface area (Å²) in [4.78, 5) is 0. The Balaban J connectivity index is 1.73. The molecule has 2 atom stereocenters. The Morgan fingerprint density at radius 1 is 1.21 bits per heavy atom. The van der Waals surface area contributed by atoms with Gasteiger partial charge in [0.2, 0.25) is 0 Å². The molecule has 132 valence electrons. The molecule has 0 amide bonds. The smallest absolute Gasteiger partial charge is 0.0721 e. The van der Waals surface area contributed by atoms with Crippen molar-refractivity contribution in [3.8, 4) is 0 Å². The van der Waals surface area contributed by atoms with Crippen LogP contribution < -0.4 is 0 Å². The van der Waals surface area contributed by atoms with Crippen molar-refractivity contribution in [2.24, 2.45) is 5.41 Å². The first-order chi connectivity index (χ1) is 11.6. The van der Waals surface area contributed by atoms with Gasteiger partial charge in [0.15, 0.2) is 0 Å². The van der Waals surface area contributed by atoms with Gasteiger partial charge in [0.25, 0.3) is 0 Å². The minimum atomic E-state index is 0.0963. The van der Waals surface area contributed by atoms with E-state index in [4.69, 9.17) is 4.74 Å². The lowest BCUT2D eigenvalue weighted by molar-refractivity contribution is -0.0357. The Kier molecular flexibility index (Phi) is 6.81. The van der Waals surface area contributed by atoms with E-state index in [9.17, 15) is 0 Å². The van der Waals surface area contributed by atoms with E-state index in [0.29, 0.717) is 17.3 Å². The number of allylic oxidation sites excluding steroid dienone is 1. The molecule has 0 aromatic heterocycles. The Bertz CT molecular complexity index is 568. The minimum absolute atomic E-state index is 0.0963. The summed E-state index contributed by atoms with van der Waals surface area (Å²) in [5, 5.41) is 0. The fraction of sp³-hybridized carbons (Fsp3) is 0.600. The summed E-state index contributed by atoms with van der Waals surface area (Å²) >= 11 is 8.23. The van der Waals surface area contributed by atoms with Crippen LogP contribution in [0.1, 0.15) is 45.1 Å². The summed E-state index contributed by atoms with van der Waals surface area (Å²) < 4.78 is 8.56. The van der Waals surface area contributed by atoms with Crippen LogP contribution in [0.5, 0.6) is 0 Å². The van der Waals surface area contributed by atoms with Gasteiger partial charge in [-0.15, -0.1) is 23.5 Å². The van der Waals surface area contributed by atoms with E-state index in [2.05, 4.69) is 83.6 Å². The summed E-state index contributed by atoms with van der Waals surface area (Å²) in [6.45, 7) is 5.40. The maximum atomic E-state index is 6.46. The predicted molar refractivity (Wildman–Crippen MR) is 112 cm³/mol. The molecule has 2 aliphatic rings. The maximum Gasteiger partial charge on any atom is 0.0721 e. The van der Waals surface area contributed by atoms with Crippen molar-refractivity contribution in [2.75, 3.05) is 11.5 Å². The van der Waals surface area contributed by atoms with E-state index in [1.54, 1.807) is 0 Å². The first kappa shape index (κ1) is 18.9. The molecule has 1 saturated heterocycles. The highest BCUT2D eigenvalue weighted by Gasteiger charge is 2.43. The van der Waals surface area contributed by atoms with Gasteiger partial charge in [0.05, 0.1) is 17.3 Å². The third kappa shape index (κ3) is 4.44. The zero-order valence-corrected chi connectivity index (χ0v) is 17.8. The summed E-state index contributed by atoms with van der Waals surface area (Å²) in [5.41, 5.74) is 2.87. The second-order valence-corrected chi connectivity index (χ2v) is 10.8. The highest BCUT2D eigenvalue weighted by Crippen LogP contribution is 2.52. The van der Waals surface area contributed by atoms with E-state index in [0.717, 1.165) is 12.8 Å². The van der Waals surface area contributed by atoms with Crippen LogP contribution >= 0.6 is 39.5 Å². The molecular formula is C20H27BrOS2. The molecular weight excluding hydrogens is 400 g/mol. The van der Waals surface area contributed by atoms with Crippen LogP contribution in [0.3, 0.4) is 0 Å². The fourth-order valence-electron chi connectivity index (χ4n) is 3.66. The molecule has 1 fully saturated rings. The molecule has 2 unspecified atom stereocenters. The van der Waals surface area contributed by atoms with Crippen molar-refractivity contribution in [1.29, 1.82) is 0 Å². The number of halogens is 1. The molecule has 1 aliphatic heterocycles. The largest absolute Gasteiger partial charge is 0.373 e. The number of hydrogen-bond donors (Lipinski definition) is 0. The Morgan fingerprint density at radius 2 is 1.92 bits per heavy atom. The van der Waals surface area contributed by atoms with Crippen molar-refractivity contribution in [3.05, 3.63) is 46.0 Å². The second-order valence-electron chi connectivity index (χ2n) is 7.06. The van der Waals surface area contributed by atoms with Crippen LogP contribution in [-0.4, -0.2) is 22.2 Å². The van der Waals surface area contributed by atoms with Crippen molar-refractivity contribution < 1.29 is 4.74 Å². The van der Waals surface area contributed by atoms with Gasteiger partial charge < -0.3 is 4.74 Å². The van der Waals surface area contributed by atoms with Gasteiger partial charge in [-0.3, -0.25) is 0 Å². The van der Waals surface area contributed by atoms with Gasteiger partial charge in [-0.2, -0.15) is 0 Å². The number of ether oxygens (including phenoxy) is 1. The molecule has 0 N–H and O–H groups in total. The summed E-state index contributed by atoms with van der Waals surface area (Å²) in [6.07, 6.45) is 5.11. The normalized spacial score (nSPS) is 29.0. The van der Waals surface area contributed by atoms with Crippen LogP contribution in [0.2, 0.25) is 0 Å². The molecule has 1 aromatic carbocycles. The number of rotatable bonds is 5. The number of thioether (sulfide) groups is 2. The second kappa shape index (κ2) is 8.66. The molecule has 4 heteroatoms. The van der Waals surface area contributed by atoms with Gasteiger partial charge in [0, 0.05) is 9.90 Å². The molecule has 24 heavy (non-hydrogen) atoms. The summed E-state index contributed by atoms with van der Waals surface area (Å²) in [5.74, 6) is 2.62. The highest BCUT2D eigenvalue weighted by molar-refractivity contribution is 9.11. The monoisotopic (exact) mass is 426 g/mol. The van der Waals surface area contributed by atoms with Crippen LogP contribution in [0.15, 0.2) is 40.4 Å². The zero-order chi connectivity index (χ0) is 17.0. The lowest BCUT2D eigenvalue weighted by Gasteiger charge is -2.44. The molecule has 1 aromatic rings. The van der Waals surface area contributed by atoms with Gasteiger partial charge in [-0.25, -0.2) is 0 Å². The Labute approximate surface area is 163 Å². The zero-order valence-electron chi connectivity index (χ0n) is 14.6. The average molecular weight is 427 g/mol. The lowest BCUT2D eigenvalue weighted by Crippen LogP contribution is -2.40. The Hall–Kier alpha value is 0.1000. The molecule has 0 bridgehead atoms. The molecule has 0 spiro atoms.